The van der Waals surface area contributed by atoms with Crippen LogP contribution in [0.1, 0.15) is 34.6 Å². The summed E-state index contributed by atoms with van der Waals surface area (Å²) in [7, 11) is 0. The zero-order chi connectivity index (χ0) is 12.5. The summed E-state index contributed by atoms with van der Waals surface area (Å²) in [5, 5.41) is 9.82. The third kappa shape index (κ3) is 3.37. The number of likely N-dealkylation sites (tertiary alicyclic amines) is 1. The van der Waals surface area contributed by atoms with Crippen LogP contribution in [0.25, 0.3) is 0 Å². The van der Waals surface area contributed by atoms with Crippen molar-refractivity contribution >= 4 is 6.09 Å². The highest BCUT2D eigenvalue weighted by Gasteiger charge is 2.34. The van der Waals surface area contributed by atoms with Crippen molar-refractivity contribution in [3.05, 3.63) is 0 Å². The Kier molecular flexibility index (Phi) is 3.84. The van der Waals surface area contributed by atoms with Crippen LogP contribution in [0.5, 0.6) is 0 Å². The lowest BCUT2D eigenvalue weighted by Crippen LogP contribution is -2.51. The Morgan fingerprint density at radius 3 is 2.31 bits per heavy atom. The summed E-state index contributed by atoms with van der Waals surface area (Å²) in [5.74, 6) is 0.537. The predicted octanol–water partition coefficient (Wildman–Crippen LogP) is 1.87. The first kappa shape index (κ1) is 13.3. The lowest BCUT2D eigenvalue weighted by molar-refractivity contribution is -0.0258. The Balaban J connectivity index is 2.58. The molecular weight excluding hydrogens is 206 g/mol. The van der Waals surface area contributed by atoms with Crippen LogP contribution in [0.4, 0.5) is 4.79 Å². The maximum absolute atomic E-state index is 11.8. The van der Waals surface area contributed by atoms with Gasteiger partial charge in [0.2, 0.25) is 0 Å². The molecule has 0 spiro atoms. The summed E-state index contributed by atoms with van der Waals surface area (Å²) >= 11 is 0. The van der Waals surface area contributed by atoms with Crippen LogP contribution < -0.4 is 0 Å². The second-order valence-electron chi connectivity index (χ2n) is 5.79. The van der Waals surface area contributed by atoms with Gasteiger partial charge in [-0.15, -0.1) is 0 Å². The van der Waals surface area contributed by atoms with E-state index < -0.39 is 11.7 Å². The molecule has 4 nitrogen and oxygen atoms in total. The monoisotopic (exact) mass is 229 g/mol. The molecule has 1 N–H and O–H groups in total. The van der Waals surface area contributed by atoms with E-state index in [9.17, 15) is 9.90 Å². The molecule has 1 heterocycles. The molecule has 0 aliphatic carbocycles. The van der Waals surface area contributed by atoms with E-state index >= 15 is 0 Å². The number of hydrogen-bond donors (Lipinski definition) is 1. The summed E-state index contributed by atoms with van der Waals surface area (Å²) in [6, 6.07) is 0. The molecule has 1 aliphatic heterocycles. The van der Waals surface area contributed by atoms with Gasteiger partial charge in [0.1, 0.15) is 5.60 Å². The van der Waals surface area contributed by atoms with Crippen molar-refractivity contribution in [2.45, 2.75) is 46.3 Å². The van der Waals surface area contributed by atoms with Gasteiger partial charge in [0.25, 0.3) is 0 Å². The van der Waals surface area contributed by atoms with Crippen LogP contribution in [0, 0.1) is 11.8 Å². The topological polar surface area (TPSA) is 49.8 Å². The first-order valence-corrected chi connectivity index (χ1v) is 5.86. The van der Waals surface area contributed by atoms with Gasteiger partial charge in [-0.2, -0.15) is 0 Å². The van der Waals surface area contributed by atoms with E-state index in [2.05, 4.69) is 0 Å². The van der Waals surface area contributed by atoms with Gasteiger partial charge in [-0.3, -0.25) is 0 Å². The zero-order valence-corrected chi connectivity index (χ0v) is 10.9. The molecule has 1 amide bonds. The highest BCUT2D eigenvalue weighted by atomic mass is 16.6. The van der Waals surface area contributed by atoms with Crippen LogP contribution in [0.15, 0.2) is 0 Å². The summed E-state index contributed by atoms with van der Waals surface area (Å²) < 4.78 is 5.28. The van der Waals surface area contributed by atoms with Crippen LogP contribution in [-0.4, -0.2) is 40.9 Å². The fourth-order valence-electron chi connectivity index (χ4n) is 1.84. The molecule has 16 heavy (non-hydrogen) atoms. The van der Waals surface area contributed by atoms with E-state index in [0.717, 1.165) is 0 Å². The number of ether oxygens (including phenoxy) is 1. The smallest absolute Gasteiger partial charge is 0.410 e. The molecule has 1 fully saturated rings. The normalized spacial score (nSPS) is 31.4. The fourth-order valence-corrected chi connectivity index (χ4v) is 1.84. The van der Waals surface area contributed by atoms with Crippen molar-refractivity contribution < 1.29 is 14.6 Å². The first-order chi connectivity index (χ1) is 7.20. The lowest BCUT2D eigenvalue weighted by Gasteiger charge is -2.39. The van der Waals surface area contributed by atoms with Gasteiger partial charge in [-0.25, -0.2) is 4.79 Å². The molecule has 4 heteroatoms. The van der Waals surface area contributed by atoms with E-state index in [4.69, 9.17) is 4.74 Å². The minimum absolute atomic E-state index is 0.235. The number of hydrogen-bond acceptors (Lipinski definition) is 3. The zero-order valence-electron chi connectivity index (χ0n) is 10.9. The number of carbonyl (C=O) groups excluding carboxylic acids is 1. The average molecular weight is 229 g/mol. The fraction of sp³-hybridized carbons (Fsp3) is 0.917. The highest BCUT2D eigenvalue weighted by Crippen LogP contribution is 2.24. The van der Waals surface area contributed by atoms with Gasteiger partial charge in [0.15, 0.2) is 0 Å². The summed E-state index contributed by atoms with van der Waals surface area (Å²) in [6.45, 7) is 10.6. The number of aliphatic hydroxyl groups is 1. The van der Waals surface area contributed by atoms with E-state index in [1.54, 1.807) is 4.90 Å². The first-order valence-electron chi connectivity index (χ1n) is 5.86. The number of nitrogens with zero attached hydrogens (tertiary/aromatic N) is 1. The third-order valence-electron chi connectivity index (χ3n) is 3.07. The maximum atomic E-state index is 11.8. The minimum Gasteiger partial charge on any atom is -0.444 e. The second-order valence-corrected chi connectivity index (χ2v) is 5.79. The maximum Gasteiger partial charge on any atom is 0.410 e. The Morgan fingerprint density at radius 2 is 1.88 bits per heavy atom. The number of amides is 1. The molecule has 3 atom stereocenters. The van der Waals surface area contributed by atoms with Crippen molar-refractivity contribution in [2.75, 3.05) is 13.1 Å². The van der Waals surface area contributed by atoms with Crippen LogP contribution in [0.3, 0.4) is 0 Å². The van der Waals surface area contributed by atoms with Crippen LogP contribution in [-0.2, 0) is 4.74 Å². The van der Waals surface area contributed by atoms with Gasteiger partial charge in [-0.1, -0.05) is 13.8 Å². The number of carbonyl (C=O) groups is 1. The van der Waals surface area contributed by atoms with E-state index in [1.807, 2.05) is 34.6 Å². The van der Waals surface area contributed by atoms with Crippen LogP contribution in [0.2, 0.25) is 0 Å². The van der Waals surface area contributed by atoms with Crippen molar-refractivity contribution in [3.63, 3.8) is 0 Å². The summed E-state index contributed by atoms with van der Waals surface area (Å²) in [4.78, 5) is 13.4. The molecule has 0 bridgehead atoms. The van der Waals surface area contributed by atoms with Gasteiger partial charge < -0.3 is 14.7 Å². The van der Waals surface area contributed by atoms with Crippen molar-refractivity contribution in [2.24, 2.45) is 11.8 Å². The van der Waals surface area contributed by atoms with Gasteiger partial charge in [0.05, 0.1) is 12.6 Å². The quantitative estimate of drug-likeness (QED) is 0.690. The van der Waals surface area contributed by atoms with E-state index in [-0.39, 0.29) is 12.0 Å². The molecule has 0 radical (unpaired) electrons. The predicted molar refractivity (Wildman–Crippen MR) is 62.1 cm³/mol. The number of rotatable bonds is 0. The molecule has 3 unspecified atom stereocenters. The molecule has 94 valence electrons. The second kappa shape index (κ2) is 4.62. The summed E-state index contributed by atoms with van der Waals surface area (Å²) in [6.07, 6.45) is -0.776. The standard InChI is InChI=1S/C12H23NO3/c1-8-6-13(7-10(14)9(8)2)11(15)16-12(3,4)5/h8-10,14H,6-7H2,1-5H3. The molecule has 1 rings (SSSR count). The summed E-state index contributed by atoms with van der Waals surface area (Å²) in [5.41, 5.74) is -0.478. The number of aliphatic hydroxyl groups excluding tert-OH is 1. The molecule has 0 aromatic rings. The lowest BCUT2D eigenvalue weighted by atomic mass is 9.86. The van der Waals surface area contributed by atoms with Crippen molar-refractivity contribution in [1.82, 2.24) is 4.90 Å². The van der Waals surface area contributed by atoms with E-state index in [1.165, 1.54) is 0 Å². The molecule has 1 aliphatic rings. The molecule has 0 saturated carbocycles. The Morgan fingerprint density at radius 1 is 1.31 bits per heavy atom. The SMILES string of the molecule is CC1CN(C(=O)OC(C)(C)C)CC(O)C1C. The average Bonchev–Trinajstić information content (AvgIpc) is 2.10. The Hall–Kier alpha value is -0.770. The number of β-amino-alcohol motifs (C(OH)–C–C–N with tert-alkyl or cyclic N) is 1. The largest absolute Gasteiger partial charge is 0.444 e. The minimum atomic E-state index is -0.478. The van der Waals surface area contributed by atoms with Crippen LogP contribution >= 0.6 is 0 Å². The Bertz CT molecular complexity index is 247. The molecular formula is C12H23NO3. The Labute approximate surface area is 97.6 Å². The van der Waals surface area contributed by atoms with Gasteiger partial charge >= 0.3 is 6.09 Å². The molecule has 0 aromatic heterocycles. The molecule has 1 saturated heterocycles. The van der Waals surface area contributed by atoms with Gasteiger partial charge in [-0.05, 0) is 32.6 Å². The number of piperidine rings is 1. The molecule has 0 aromatic carbocycles. The van der Waals surface area contributed by atoms with Crippen molar-refractivity contribution in [3.8, 4) is 0 Å². The van der Waals surface area contributed by atoms with Gasteiger partial charge in [0, 0.05) is 6.54 Å². The van der Waals surface area contributed by atoms with Crippen molar-refractivity contribution in [1.29, 1.82) is 0 Å². The highest BCUT2D eigenvalue weighted by molar-refractivity contribution is 5.68. The van der Waals surface area contributed by atoms with E-state index in [0.29, 0.717) is 19.0 Å². The third-order valence-corrected chi connectivity index (χ3v) is 3.07.